The summed E-state index contributed by atoms with van der Waals surface area (Å²) in [6.45, 7) is 7.20. The van der Waals surface area contributed by atoms with Gasteiger partial charge in [-0.1, -0.05) is 13.8 Å². The lowest BCUT2D eigenvalue weighted by molar-refractivity contribution is 0.120. The molecule has 0 radical (unpaired) electrons. The Bertz CT molecular complexity index is 324. The summed E-state index contributed by atoms with van der Waals surface area (Å²) in [4.78, 5) is 4.14. The monoisotopic (exact) mass is 209 g/mol. The van der Waals surface area contributed by atoms with Crippen LogP contribution in [0.25, 0.3) is 0 Å². The molecule has 0 saturated carbocycles. The number of pyridine rings is 1. The molecule has 1 rings (SSSR count). The molecule has 1 aromatic heterocycles. The molecule has 3 nitrogen and oxygen atoms in total. The Balaban J connectivity index is 2.83. The third-order valence-corrected chi connectivity index (χ3v) is 2.39. The van der Waals surface area contributed by atoms with E-state index in [9.17, 15) is 5.11 Å². The molecule has 0 aromatic carbocycles. The van der Waals surface area contributed by atoms with E-state index in [4.69, 9.17) is 4.74 Å². The van der Waals surface area contributed by atoms with Crippen LogP contribution in [-0.4, -0.2) is 16.7 Å². The van der Waals surface area contributed by atoms with Gasteiger partial charge in [0.15, 0.2) is 0 Å². The number of nitrogens with zero attached hydrogens (tertiary/aromatic N) is 1. The second kappa shape index (κ2) is 5.71. The lowest BCUT2D eigenvalue weighted by Crippen LogP contribution is -2.01. The van der Waals surface area contributed by atoms with Crippen LogP contribution in [0.4, 0.5) is 0 Å². The van der Waals surface area contributed by atoms with E-state index in [0.717, 1.165) is 30.6 Å². The average Bonchev–Trinajstić information content (AvgIpc) is 2.24. The Morgan fingerprint density at radius 2 is 2.13 bits per heavy atom. The zero-order chi connectivity index (χ0) is 11.3. The Morgan fingerprint density at radius 1 is 1.40 bits per heavy atom. The molecule has 84 valence electrons. The quantitative estimate of drug-likeness (QED) is 0.758. The number of aryl methyl sites for hydroxylation is 1. The molecule has 0 saturated heterocycles. The van der Waals surface area contributed by atoms with Gasteiger partial charge in [0.25, 0.3) is 0 Å². The number of rotatable bonds is 5. The first kappa shape index (κ1) is 12.0. The minimum Gasteiger partial charge on any atom is -0.506 e. The summed E-state index contributed by atoms with van der Waals surface area (Å²) in [7, 11) is 0. The smallest absolute Gasteiger partial charge is 0.140 e. The fourth-order valence-corrected chi connectivity index (χ4v) is 1.53. The molecule has 1 N–H and O–H groups in total. The maximum absolute atomic E-state index is 9.82. The minimum absolute atomic E-state index is 0.315. The molecule has 0 aliphatic heterocycles. The van der Waals surface area contributed by atoms with Crippen molar-refractivity contribution < 1.29 is 9.84 Å². The standard InChI is InChI=1S/C12H19NO2/c1-4-6-15-8-10-7-13-9(3)12(14)11(10)5-2/h7,14H,4-6,8H2,1-3H3. The maximum Gasteiger partial charge on any atom is 0.140 e. The largest absolute Gasteiger partial charge is 0.506 e. The van der Waals surface area contributed by atoms with Crippen molar-refractivity contribution in [3.63, 3.8) is 0 Å². The summed E-state index contributed by atoms with van der Waals surface area (Å²) >= 11 is 0. The first-order valence-corrected chi connectivity index (χ1v) is 5.44. The van der Waals surface area contributed by atoms with Crippen molar-refractivity contribution in [2.45, 2.75) is 40.2 Å². The highest BCUT2D eigenvalue weighted by molar-refractivity contribution is 5.40. The second-order valence-electron chi connectivity index (χ2n) is 3.60. The maximum atomic E-state index is 9.82. The molecular weight excluding hydrogens is 190 g/mol. The van der Waals surface area contributed by atoms with E-state index in [-0.39, 0.29) is 0 Å². The highest BCUT2D eigenvalue weighted by Gasteiger charge is 2.09. The highest BCUT2D eigenvalue weighted by Crippen LogP contribution is 2.24. The van der Waals surface area contributed by atoms with Gasteiger partial charge in [0.2, 0.25) is 0 Å². The Labute approximate surface area is 91.1 Å². The third kappa shape index (κ3) is 2.93. The van der Waals surface area contributed by atoms with Crippen LogP contribution in [0, 0.1) is 6.92 Å². The molecule has 0 bridgehead atoms. The molecule has 0 aliphatic rings. The SMILES string of the molecule is CCCOCc1cnc(C)c(O)c1CC. The molecular formula is C12H19NO2. The summed E-state index contributed by atoms with van der Waals surface area (Å²) in [5.74, 6) is 0.315. The van der Waals surface area contributed by atoms with E-state index in [1.807, 2.05) is 13.8 Å². The molecule has 3 heteroatoms. The van der Waals surface area contributed by atoms with Crippen LogP contribution < -0.4 is 0 Å². The number of hydrogen-bond acceptors (Lipinski definition) is 3. The molecule has 1 heterocycles. The first-order chi connectivity index (χ1) is 7.20. The molecule has 0 atom stereocenters. The lowest BCUT2D eigenvalue weighted by Gasteiger charge is -2.11. The molecule has 0 aliphatic carbocycles. The van der Waals surface area contributed by atoms with Crippen molar-refractivity contribution in [3.8, 4) is 5.75 Å². The minimum atomic E-state index is 0.315. The van der Waals surface area contributed by atoms with Gasteiger partial charge in [-0.25, -0.2) is 0 Å². The number of aromatic nitrogens is 1. The third-order valence-electron chi connectivity index (χ3n) is 2.39. The van der Waals surface area contributed by atoms with Gasteiger partial charge in [-0.3, -0.25) is 4.98 Å². The Kier molecular flexibility index (Phi) is 4.56. The van der Waals surface area contributed by atoms with E-state index in [1.54, 1.807) is 6.20 Å². The van der Waals surface area contributed by atoms with Crippen molar-refractivity contribution in [1.29, 1.82) is 0 Å². The summed E-state index contributed by atoms with van der Waals surface area (Å²) in [5.41, 5.74) is 2.64. The predicted molar refractivity (Wildman–Crippen MR) is 60.0 cm³/mol. The van der Waals surface area contributed by atoms with Gasteiger partial charge < -0.3 is 9.84 Å². The average molecular weight is 209 g/mol. The van der Waals surface area contributed by atoms with Gasteiger partial charge in [-0.05, 0) is 19.8 Å². The van der Waals surface area contributed by atoms with Gasteiger partial charge in [-0.2, -0.15) is 0 Å². The number of aromatic hydroxyl groups is 1. The molecule has 0 unspecified atom stereocenters. The lowest BCUT2D eigenvalue weighted by atomic mass is 10.1. The van der Waals surface area contributed by atoms with Crippen LogP contribution in [0.5, 0.6) is 5.75 Å². The van der Waals surface area contributed by atoms with Crippen molar-refractivity contribution in [2.24, 2.45) is 0 Å². The van der Waals surface area contributed by atoms with Crippen molar-refractivity contribution in [3.05, 3.63) is 23.0 Å². The molecule has 0 spiro atoms. The van der Waals surface area contributed by atoms with E-state index < -0.39 is 0 Å². The van der Waals surface area contributed by atoms with Gasteiger partial charge in [0.05, 0.1) is 12.3 Å². The summed E-state index contributed by atoms with van der Waals surface area (Å²) in [6.07, 6.45) is 3.61. The van der Waals surface area contributed by atoms with E-state index in [1.165, 1.54) is 0 Å². The van der Waals surface area contributed by atoms with Crippen LogP contribution in [0.15, 0.2) is 6.20 Å². The van der Waals surface area contributed by atoms with Crippen LogP contribution in [0.1, 0.15) is 37.1 Å². The fourth-order valence-electron chi connectivity index (χ4n) is 1.53. The zero-order valence-corrected chi connectivity index (χ0v) is 9.71. The second-order valence-corrected chi connectivity index (χ2v) is 3.60. The highest BCUT2D eigenvalue weighted by atomic mass is 16.5. The molecule has 0 amide bonds. The Morgan fingerprint density at radius 3 is 2.73 bits per heavy atom. The number of ether oxygens (including phenoxy) is 1. The topological polar surface area (TPSA) is 42.4 Å². The van der Waals surface area contributed by atoms with Crippen molar-refractivity contribution >= 4 is 0 Å². The van der Waals surface area contributed by atoms with Crippen LogP contribution >= 0.6 is 0 Å². The number of hydrogen-bond donors (Lipinski definition) is 1. The summed E-state index contributed by atoms with van der Waals surface area (Å²) < 4.78 is 5.46. The molecule has 1 aromatic rings. The van der Waals surface area contributed by atoms with E-state index in [2.05, 4.69) is 11.9 Å². The summed E-state index contributed by atoms with van der Waals surface area (Å²) in [6, 6.07) is 0. The zero-order valence-electron chi connectivity index (χ0n) is 9.71. The van der Waals surface area contributed by atoms with Gasteiger partial charge in [0, 0.05) is 23.9 Å². The van der Waals surface area contributed by atoms with Crippen molar-refractivity contribution in [2.75, 3.05) is 6.61 Å². The normalized spacial score (nSPS) is 10.6. The summed E-state index contributed by atoms with van der Waals surface area (Å²) in [5, 5.41) is 9.82. The van der Waals surface area contributed by atoms with Gasteiger partial charge >= 0.3 is 0 Å². The Hall–Kier alpha value is -1.09. The van der Waals surface area contributed by atoms with E-state index in [0.29, 0.717) is 18.1 Å². The van der Waals surface area contributed by atoms with Crippen molar-refractivity contribution in [1.82, 2.24) is 4.98 Å². The predicted octanol–water partition coefficient (Wildman–Crippen LogP) is 2.58. The van der Waals surface area contributed by atoms with Crippen LogP contribution in [-0.2, 0) is 17.8 Å². The van der Waals surface area contributed by atoms with Gasteiger partial charge in [0.1, 0.15) is 5.75 Å². The van der Waals surface area contributed by atoms with Gasteiger partial charge in [-0.15, -0.1) is 0 Å². The molecule has 15 heavy (non-hydrogen) atoms. The molecule has 0 fully saturated rings. The first-order valence-electron chi connectivity index (χ1n) is 5.44. The van der Waals surface area contributed by atoms with Crippen LogP contribution in [0.2, 0.25) is 0 Å². The van der Waals surface area contributed by atoms with E-state index >= 15 is 0 Å². The fraction of sp³-hybridized carbons (Fsp3) is 0.583. The van der Waals surface area contributed by atoms with Crippen LogP contribution in [0.3, 0.4) is 0 Å².